The molecule has 6 rings (SSSR count). The largest absolute Gasteiger partial charge is 0.454 e. The van der Waals surface area contributed by atoms with Crippen molar-refractivity contribution in [3.8, 4) is 22.4 Å². The summed E-state index contributed by atoms with van der Waals surface area (Å²) in [7, 11) is 1.96. The van der Waals surface area contributed by atoms with E-state index in [4.69, 9.17) is 7.16 Å². The predicted octanol–water partition coefficient (Wildman–Crippen LogP) is 9.05. The van der Waals surface area contributed by atoms with Gasteiger partial charge in [-0.2, -0.15) is 0 Å². The Hall–Kier alpha value is -3.46. The second-order valence-corrected chi connectivity index (χ2v) is 10.8. The van der Waals surface area contributed by atoms with E-state index in [1.165, 1.54) is 37.3 Å². The zero-order valence-corrected chi connectivity index (χ0v) is 22.1. The Kier molecular flexibility index (Phi) is 5.52. The van der Waals surface area contributed by atoms with Gasteiger partial charge in [0.1, 0.15) is 24.0 Å². The van der Waals surface area contributed by atoms with E-state index in [1.807, 2.05) is 68.9 Å². The molecule has 0 unspecified atom stereocenters. The van der Waals surface area contributed by atoms with Crippen molar-refractivity contribution in [3.63, 3.8) is 0 Å². The molecule has 1 fully saturated rings. The highest BCUT2D eigenvalue weighted by Crippen LogP contribution is 2.42. The van der Waals surface area contributed by atoms with Crippen molar-refractivity contribution < 1.29 is 16.1 Å². The summed E-state index contributed by atoms with van der Waals surface area (Å²) in [5, 5.41) is 1.80. The van der Waals surface area contributed by atoms with E-state index in [0.29, 0.717) is 28.2 Å². The molecule has 0 radical (unpaired) electrons. The number of rotatable bonds is 5. The van der Waals surface area contributed by atoms with Crippen molar-refractivity contribution in [2.45, 2.75) is 58.7 Å². The number of aromatic nitrogens is 1. The van der Waals surface area contributed by atoms with E-state index in [9.17, 15) is 0 Å². The van der Waals surface area contributed by atoms with Gasteiger partial charge in [0.15, 0.2) is 6.20 Å². The van der Waals surface area contributed by atoms with Crippen LogP contribution >= 0.6 is 0 Å². The molecule has 0 N–H and O–H groups in total. The summed E-state index contributed by atoms with van der Waals surface area (Å²) in [6.45, 7) is 5.83. The fourth-order valence-corrected chi connectivity index (χ4v) is 5.99. The highest BCUT2D eigenvalue weighted by Gasteiger charge is 2.24. The second kappa shape index (κ2) is 9.45. The van der Waals surface area contributed by atoms with Crippen LogP contribution < -0.4 is 4.57 Å². The Balaban J connectivity index is 1.55. The van der Waals surface area contributed by atoms with Crippen LogP contribution in [-0.4, -0.2) is 0 Å². The predicted molar refractivity (Wildman–Crippen MR) is 150 cm³/mol. The van der Waals surface area contributed by atoms with Crippen molar-refractivity contribution >= 4 is 21.9 Å². The average molecular weight is 495 g/mol. The van der Waals surface area contributed by atoms with Crippen LogP contribution in [-0.2, 0) is 13.4 Å². The third-order valence-electron chi connectivity index (χ3n) is 7.85. The van der Waals surface area contributed by atoms with Gasteiger partial charge in [-0.3, -0.25) is 0 Å². The van der Waals surface area contributed by atoms with Crippen LogP contribution in [0.5, 0.6) is 0 Å². The van der Waals surface area contributed by atoms with Gasteiger partial charge in [-0.25, -0.2) is 8.96 Å². The topological polar surface area (TPSA) is 17.0 Å². The summed E-state index contributed by atoms with van der Waals surface area (Å²) >= 11 is 0. The summed E-state index contributed by atoms with van der Waals surface area (Å²) in [6.07, 6.45) is 5.45. The first-order valence-electron chi connectivity index (χ1n) is 14.4. The first-order chi connectivity index (χ1) is 18.7. The maximum Gasteiger partial charge on any atom is 0.216 e. The number of furan rings is 1. The van der Waals surface area contributed by atoms with Crippen LogP contribution in [0.2, 0.25) is 0 Å². The van der Waals surface area contributed by atoms with Crippen LogP contribution in [0.3, 0.4) is 0 Å². The summed E-state index contributed by atoms with van der Waals surface area (Å²) in [4.78, 5) is 0. The maximum atomic E-state index is 15.5. The lowest BCUT2D eigenvalue weighted by Gasteiger charge is -2.11. The minimum Gasteiger partial charge on any atom is -0.454 e. The number of nitrogens with zero attached hydrogens (tertiary/aromatic N) is 1. The number of pyridine rings is 1. The minimum atomic E-state index is -1.47. The Morgan fingerprint density at radius 1 is 0.946 bits per heavy atom. The average Bonchev–Trinajstić information content (AvgIpc) is 3.58. The zero-order valence-electron chi connectivity index (χ0n) is 24.1. The van der Waals surface area contributed by atoms with Gasteiger partial charge in [0.2, 0.25) is 5.69 Å². The molecule has 3 heteroatoms. The van der Waals surface area contributed by atoms with Gasteiger partial charge in [0.25, 0.3) is 0 Å². The number of hydrogen-bond donors (Lipinski definition) is 0. The highest BCUT2D eigenvalue weighted by molar-refractivity contribution is 6.13. The molecule has 1 aliphatic rings. The molecule has 1 aliphatic carbocycles. The van der Waals surface area contributed by atoms with Crippen LogP contribution in [0.25, 0.3) is 44.3 Å². The lowest BCUT2D eigenvalue weighted by Crippen LogP contribution is -2.31. The molecular formula is C34H35FNO+. The SMILES string of the molecule is [2H]C([2H])(c1cc[n+](C)c(-c2c(C)ccc3c2oc2c(-c4ccc(C5CCCC5)cc4)c(F)ccc23)c1)C(C)C. The Morgan fingerprint density at radius 3 is 2.32 bits per heavy atom. The number of fused-ring (bicyclic) bond motifs is 3. The maximum absolute atomic E-state index is 15.5. The van der Waals surface area contributed by atoms with E-state index >= 15 is 4.39 Å². The summed E-state index contributed by atoms with van der Waals surface area (Å²) in [5.41, 5.74) is 7.28. The normalized spacial score (nSPS) is 15.6. The van der Waals surface area contributed by atoms with Crippen molar-refractivity contribution in [2.24, 2.45) is 13.0 Å². The van der Waals surface area contributed by atoms with Gasteiger partial charge in [-0.15, -0.1) is 0 Å². The molecule has 3 aromatic carbocycles. The molecular weight excluding hydrogens is 457 g/mol. The number of halogens is 1. The fraction of sp³-hybridized carbons (Fsp3) is 0.324. The van der Waals surface area contributed by atoms with Gasteiger partial charge >= 0.3 is 0 Å². The molecule has 2 heterocycles. The standard InChI is InChI=1S/C34H35FNO/c1-21(2)19-23-17-18-36(4)30(20-23)31-22(3)9-14-27-28-15-16-29(35)32(34(28)37-33(27)31)26-12-10-25(11-13-26)24-7-5-6-8-24/h9-18,20-21,24H,5-8,19H2,1-4H3/q+1/i19D2. The molecule has 0 amide bonds. The third-order valence-corrected chi connectivity index (χ3v) is 7.85. The summed E-state index contributed by atoms with van der Waals surface area (Å²) in [5.74, 6) is 0.132. The zero-order chi connectivity index (χ0) is 27.5. The molecule has 0 spiro atoms. The highest BCUT2D eigenvalue weighted by atomic mass is 19.1. The molecule has 2 nitrogen and oxygen atoms in total. The summed E-state index contributed by atoms with van der Waals surface area (Å²) < 4.78 is 41.4. The lowest BCUT2D eigenvalue weighted by molar-refractivity contribution is -0.660. The molecule has 0 atom stereocenters. The van der Waals surface area contributed by atoms with Gasteiger partial charge in [0, 0.05) is 25.6 Å². The number of aryl methyl sites for hydroxylation is 2. The lowest BCUT2D eigenvalue weighted by atomic mass is 9.94. The van der Waals surface area contributed by atoms with E-state index in [2.05, 4.69) is 18.2 Å². The second-order valence-electron chi connectivity index (χ2n) is 10.8. The van der Waals surface area contributed by atoms with Crippen LogP contribution in [0, 0.1) is 18.7 Å². The smallest absolute Gasteiger partial charge is 0.216 e. The minimum absolute atomic E-state index is 0.174. The van der Waals surface area contributed by atoms with Crippen molar-refractivity contribution in [1.82, 2.24) is 0 Å². The van der Waals surface area contributed by atoms with E-state index < -0.39 is 6.37 Å². The number of hydrogen-bond acceptors (Lipinski definition) is 1. The third kappa shape index (κ3) is 4.25. The Morgan fingerprint density at radius 2 is 1.62 bits per heavy atom. The van der Waals surface area contributed by atoms with Crippen molar-refractivity contribution in [3.05, 3.63) is 89.4 Å². The van der Waals surface area contributed by atoms with E-state index in [1.54, 1.807) is 6.07 Å². The quantitative estimate of drug-likeness (QED) is 0.223. The van der Waals surface area contributed by atoms with Crippen LogP contribution in [0.4, 0.5) is 4.39 Å². The van der Waals surface area contributed by atoms with Crippen molar-refractivity contribution in [2.75, 3.05) is 0 Å². The van der Waals surface area contributed by atoms with Crippen molar-refractivity contribution in [1.29, 1.82) is 0 Å². The first kappa shape index (κ1) is 21.6. The van der Waals surface area contributed by atoms with Gasteiger partial charge in [-0.1, -0.05) is 63.1 Å². The monoisotopic (exact) mass is 494 g/mol. The van der Waals surface area contributed by atoms with Crippen LogP contribution in [0.15, 0.2) is 71.3 Å². The Labute approximate surface area is 221 Å². The molecule has 1 saturated carbocycles. The Bertz CT molecular complexity index is 1700. The first-order valence-corrected chi connectivity index (χ1v) is 13.4. The van der Waals surface area contributed by atoms with E-state index in [-0.39, 0.29) is 11.7 Å². The van der Waals surface area contributed by atoms with Gasteiger partial charge in [-0.05, 0) is 72.4 Å². The van der Waals surface area contributed by atoms with Crippen LogP contribution in [0.1, 0.15) is 64.9 Å². The molecule has 37 heavy (non-hydrogen) atoms. The molecule has 0 saturated heterocycles. The number of benzene rings is 3. The molecule has 0 bridgehead atoms. The fourth-order valence-electron chi connectivity index (χ4n) is 5.99. The van der Waals surface area contributed by atoms with Gasteiger partial charge in [0.05, 0.1) is 11.1 Å². The molecule has 2 aromatic heterocycles. The van der Waals surface area contributed by atoms with Gasteiger partial charge < -0.3 is 4.42 Å². The molecule has 188 valence electrons. The molecule has 0 aliphatic heterocycles. The molecule has 5 aromatic rings. The summed E-state index contributed by atoms with van der Waals surface area (Å²) in [6, 6.07) is 19.6. The van der Waals surface area contributed by atoms with E-state index in [0.717, 1.165) is 33.2 Å².